The van der Waals surface area contributed by atoms with Crippen LogP contribution in [-0.2, 0) is 32.7 Å². The third-order valence-electron chi connectivity index (χ3n) is 28.8. The highest BCUT2D eigenvalue weighted by Crippen LogP contribution is 2.41. The van der Waals surface area contributed by atoms with Crippen molar-refractivity contribution in [3.63, 3.8) is 0 Å². The molecular weight excluding hydrogens is 1740 g/mol. The van der Waals surface area contributed by atoms with Gasteiger partial charge in [0.15, 0.2) is 57.8 Å². The van der Waals surface area contributed by atoms with E-state index in [1.165, 1.54) is 64.6 Å². The van der Waals surface area contributed by atoms with E-state index < -0.39 is 0 Å². The molecule has 10 aromatic carbocycles. The number of ketones is 10. The predicted octanol–water partition coefficient (Wildman–Crippen LogP) is 22.3. The molecule has 0 amide bonds. The lowest BCUT2D eigenvalue weighted by molar-refractivity contribution is 0.0815. The Morgan fingerprint density at radius 3 is 0.770 bits per heavy atom. The van der Waals surface area contributed by atoms with Crippen molar-refractivity contribution < 1.29 is 58.2 Å². The highest BCUT2D eigenvalue weighted by Gasteiger charge is 2.37. The van der Waals surface area contributed by atoms with E-state index >= 15 is 0 Å². The summed E-state index contributed by atoms with van der Waals surface area (Å²) in [5, 5.41) is 35.5. The van der Waals surface area contributed by atoms with Crippen molar-refractivity contribution >= 4 is 167 Å². The molecule has 726 valence electrons. The molecule has 4 fully saturated rings. The zero-order valence-electron chi connectivity index (χ0n) is 83.1. The number of rotatable bonds is 33. The first-order valence-electron chi connectivity index (χ1n) is 50.2. The summed E-state index contributed by atoms with van der Waals surface area (Å²) in [5.74, 6) is 1.46. The van der Waals surface area contributed by atoms with Gasteiger partial charge in [-0.25, -0.2) is 0 Å². The maximum Gasteiger partial charge on any atom is 0.159 e. The van der Waals surface area contributed by atoms with Crippen LogP contribution in [0.5, 0.6) is 0 Å². The van der Waals surface area contributed by atoms with Gasteiger partial charge in [-0.15, -0.1) is 0 Å². The summed E-state index contributed by atoms with van der Waals surface area (Å²) in [6.07, 6.45) is 16.3. The number of hydrogen-bond donors (Lipinski definition) is 4. The molecule has 15 aromatic rings. The molecule has 139 heavy (non-hydrogen) atoms. The van der Waals surface area contributed by atoms with Gasteiger partial charge in [0.1, 0.15) is 0 Å². The van der Waals surface area contributed by atoms with Crippen molar-refractivity contribution in [2.75, 3.05) is 78.6 Å². The normalized spacial score (nSPS) is 15.4. The topological polar surface area (TPSA) is 270 Å². The summed E-state index contributed by atoms with van der Waals surface area (Å²) in [5.41, 5.74) is 18.1. The number of aliphatic hydroxyl groups is 2. The number of aliphatic hydroxyl groups excluding tert-OH is 2. The number of aryl methyl sites for hydroxylation is 5. The second kappa shape index (κ2) is 45.7. The Balaban J connectivity index is 0.000000132. The average Bonchev–Trinajstić information content (AvgIpc) is 1.62. The van der Waals surface area contributed by atoms with E-state index in [4.69, 9.17) is 5.11 Å². The van der Waals surface area contributed by atoms with Crippen molar-refractivity contribution in [2.45, 2.75) is 224 Å². The average molecular weight is 1870 g/mol. The van der Waals surface area contributed by atoms with Crippen molar-refractivity contribution in [1.82, 2.24) is 48.2 Å². The number of hydrogen-bond acceptors (Lipinski definition) is 17. The quantitative estimate of drug-likeness (QED) is 0.0220. The monoisotopic (exact) mass is 1870 g/mol. The third kappa shape index (κ3) is 23.5. The molecule has 1 saturated carbocycles. The Morgan fingerprint density at radius 1 is 0.295 bits per heavy atom. The molecule has 2 bridgehead atoms. The zero-order valence-corrected chi connectivity index (χ0v) is 83.1. The Kier molecular flexibility index (Phi) is 33.2. The van der Waals surface area contributed by atoms with Crippen LogP contribution in [0.25, 0.3) is 109 Å². The lowest BCUT2D eigenvalue weighted by Gasteiger charge is -2.29. The Bertz CT molecular complexity index is 6820. The molecule has 3 saturated heterocycles. The van der Waals surface area contributed by atoms with Crippen LogP contribution in [0.4, 0.5) is 0 Å². The number of nitrogens with one attached hydrogen (secondary N) is 2. The molecule has 22 nitrogen and oxygen atoms in total. The molecule has 2 atom stereocenters. The maximum absolute atomic E-state index is 11.9. The fraction of sp³-hybridized carbons (Fsp3) is 0.402. The van der Waals surface area contributed by atoms with Gasteiger partial charge in [0.2, 0.25) is 0 Å². The van der Waals surface area contributed by atoms with Gasteiger partial charge in [0, 0.05) is 242 Å². The first-order chi connectivity index (χ1) is 66.9. The van der Waals surface area contributed by atoms with Crippen LogP contribution in [0.2, 0.25) is 0 Å². The van der Waals surface area contributed by atoms with Crippen LogP contribution in [0, 0.1) is 5.92 Å². The van der Waals surface area contributed by atoms with Gasteiger partial charge < -0.3 is 58.4 Å². The summed E-state index contributed by atoms with van der Waals surface area (Å²) in [4.78, 5) is 126. The summed E-state index contributed by atoms with van der Waals surface area (Å²) >= 11 is 0. The molecular formula is C117H136N10O12. The second-order valence-corrected chi connectivity index (χ2v) is 39.1. The molecule has 19 rings (SSSR count). The molecule has 8 heterocycles. The summed E-state index contributed by atoms with van der Waals surface area (Å²) in [7, 11) is 0. The standard InChI is InChI=1S/C25H28N2O2.C25H30N2O2.C24H28N2O3.C22H26N2O2.C21H24N2O3/c1-16(28)19-5-8-24-22(13-19)23-14-20(17(2)29)6-9-25(23)27(24)11-3-10-26-15-18-4-7-21(26)12-18;1-18(28)20-8-10-24-22(16-20)23-17-21(19(2)29)9-11-25(23)27(24)15-7-14-26-12-5-3-4-6-13-26;1-16(27)18-4-6-23-21(14-18)22-15-19(17(2)28)5-7-24(22)26(23)11-3-10-25-12-8-20(29)9-13-25;1-14(2)23-10-5-11-24-21-8-6-17(15(3)25)12-19(21)20-13-18(16(4)26)7-9-22(20)24;1-14(25)16-4-6-20-18(12-16)19-13-17(15(2)26)5-7-21(19)23(20)10-3-8-22-9-11-24/h5-6,8-9,13-14,18,21H,3-4,7,10-12,15H2,1-2H3;8-11,16-17H,3-7,12-15H2,1-2H3;4-7,14-15,20,29H,3,8-13H2,1-2H3;6-9,12-14,23H,5,10-11H2,1-4H3;4-7,12-13,22,24H,3,8-11H2,1-2H3. The van der Waals surface area contributed by atoms with Crippen LogP contribution in [0.1, 0.15) is 277 Å². The molecule has 0 spiro atoms. The SMILES string of the molecule is CC(=O)c1ccc2c(c1)c1cc(C(C)=O)ccc1n2CCCN1CC2CCC1C2.CC(=O)c1ccc2c(c1)c1cc(C(C)=O)ccc1n2CCCN1CCC(O)CC1.CC(=O)c1ccc2c(c1)c1cc(C(C)=O)ccc1n2CCCN1CCCCCC1.CC(=O)c1ccc2c(c1)c1cc(C(C)=O)ccc1n2CCCNC(C)C.CC(=O)c1ccc2c(c1)c1cc(C(C)=O)ccc1n2CCCNCCO. The van der Waals surface area contributed by atoms with E-state index in [-0.39, 0.29) is 70.5 Å². The first kappa shape index (κ1) is 101. The van der Waals surface area contributed by atoms with Gasteiger partial charge in [0.25, 0.3) is 0 Å². The Hall–Kier alpha value is -12.4. The molecule has 0 radical (unpaired) electrons. The van der Waals surface area contributed by atoms with E-state index in [9.17, 15) is 53.1 Å². The van der Waals surface area contributed by atoms with E-state index in [1.807, 2.05) is 158 Å². The smallest absolute Gasteiger partial charge is 0.159 e. The van der Waals surface area contributed by atoms with Gasteiger partial charge >= 0.3 is 0 Å². The number of piperidine rings is 2. The fourth-order valence-electron chi connectivity index (χ4n) is 21.2. The highest BCUT2D eigenvalue weighted by atomic mass is 16.3. The summed E-state index contributed by atoms with van der Waals surface area (Å²) < 4.78 is 11.6. The Labute approximate surface area is 814 Å². The third-order valence-corrected chi connectivity index (χ3v) is 28.8. The van der Waals surface area contributed by atoms with E-state index in [1.54, 1.807) is 69.2 Å². The van der Waals surface area contributed by atoms with Gasteiger partial charge in [-0.2, -0.15) is 0 Å². The first-order valence-corrected chi connectivity index (χ1v) is 50.2. The largest absolute Gasteiger partial charge is 0.395 e. The molecule has 3 aliphatic heterocycles. The second-order valence-electron chi connectivity index (χ2n) is 39.1. The fourth-order valence-corrected chi connectivity index (χ4v) is 21.2. The van der Waals surface area contributed by atoms with Gasteiger partial charge in [0.05, 0.1) is 12.7 Å². The van der Waals surface area contributed by atoms with Gasteiger partial charge in [-0.3, -0.25) is 47.9 Å². The van der Waals surface area contributed by atoms with Crippen molar-refractivity contribution in [3.8, 4) is 0 Å². The number of carbonyl (C=O) groups excluding carboxylic acids is 10. The number of fused-ring (bicyclic) bond motifs is 17. The molecule has 4 aliphatic rings. The maximum atomic E-state index is 11.9. The molecule has 4 N–H and O–H groups in total. The van der Waals surface area contributed by atoms with Crippen LogP contribution in [0.15, 0.2) is 182 Å². The van der Waals surface area contributed by atoms with Crippen molar-refractivity contribution in [3.05, 3.63) is 238 Å². The van der Waals surface area contributed by atoms with Gasteiger partial charge in [-0.05, 0) is 373 Å². The number of benzene rings is 10. The number of carbonyl (C=O) groups is 10. The highest BCUT2D eigenvalue weighted by molar-refractivity contribution is 6.18. The molecule has 5 aromatic heterocycles. The number of nitrogens with zero attached hydrogens (tertiary/aromatic N) is 8. The zero-order chi connectivity index (χ0) is 98.6. The lowest BCUT2D eigenvalue weighted by Crippen LogP contribution is -2.36. The predicted molar refractivity (Wildman–Crippen MR) is 563 cm³/mol. The van der Waals surface area contributed by atoms with Crippen LogP contribution in [-0.4, -0.2) is 202 Å². The molecule has 1 aliphatic carbocycles. The van der Waals surface area contributed by atoms with Crippen molar-refractivity contribution in [1.29, 1.82) is 0 Å². The van der Waals surface area contributed by atoms with Crippen LogP contribution < -0.4 is 10.6 Å². The lowest BCUT2D eigenvalue weighted by atomic mass is 10.0. The number of likely N-dealkylation sites (tertiary alicyclic amines) is 3. The summed E-state index contributed by atoms with van der Waals surface area (Å²) in [6, 6.07) is 60.1. The number of Topliss-reactive ketones (excluding diaryl/α,β-unsaturated/α-hetero) is 10. The van der Waals surface area contributed by atoms with E-state index in [2.05, 4.69) is 86.3 Å². The number of aromatic nitrogens is 5. The summed E-state index contributed by atoms with van der Waals surface area (Å²) in [6.45, 7) is 36.0. The minimum atomic E-state index is -0.144. The van der Waals surface area contributed by atoms with Crippen molar-refractivity contribution in [2.24, 2.45) is 5.92 Å². The minimum Gasteiger partial charge on any atom is -0.395 e. The van der Waals surface area contributed by atoms with Gasteiger partial charge in [-0.1, -0.05) is 26.7 Å². The molecule has 22 heteroatoms. The van der Waals surface area contributed by atoms with Crippen LogP contribution >= 0.6 is 0 Å². The molecule has 2 unspecified atom stereocenters. The van der Waals surface area contributed by atoms with E-state index in [0.29, 0.717) is 57.1 Å². The Morgan fingerprint density at radius 2 is 0.540 bits per heavy atom. The van der Waals surface area contributed by atoms with E-state index in [0.717, 1.165) is 256 Å². The minimum absolute atomic E-state index is 0.0312. The van der Waals surface area contributed by atoms with Crippen LogP contribution in [0.3, 0.4) is 0 Å².